The van der Waals surface area contributed by atoms with Gasteiger partial charge in [0.05, 0.1) is 23.4 Å². The maximum Gasteiger partial charge on any atom is 0.255 e. The molecule has 10 heteroatoms. The minimum atomic E-state index is -0.275. The van der Waals surface area contributed by atoms with Crippen molar-refractivity contribution in [2.75, 3.05) is 10.6 Å². The molecular formula is C32H30N8O2. The summed E-state index contributed by atoms with van der Waals surface area (Å²) in [4.78, 5) is 42.7. The molecule has 3 heterocycles. The minimum Gasteiger partial charge on any atom is -0.348 e. The second-order valence-corrected chi connectivity index (χ2v) is 9.75. The number of aromatic nitrogens is 5. The smallest absolute Gasteiger partial charge is 0.255 e. The summed E-state index contributed by atoms with van der Waals surface area (Å²) in [6.07, 6.45) is 9.97. The molecule has 0 bridgehead atoms. The highest BCUT2D eigenvalue weighted by Crippen LogP contribution is 2.27. The number of benzene rings is 2. The molecular weight excluding hydrogens is 528 g/mol. The number of hydrogen-bond acceptors (Lipinski definition) is 7. The molecule has 0 aliphatic rings. The number of carbonyl (C=O) groups is 2. The van der Waals surface area contributed by atoms with Crippen molar-refractivity contribution in [3.63, 3.8) is 0 Å². The van der Waals surface area contributed by atoms with Gasteiger partial charge in [-0.2, -0.15) is 0 Å². The molecule has 42 heavy (non-hydrogen) atoms. The van der Waals surface area contributed by atoms with Gasteiger partial charge >= 0.3 is 0 Å². The number of pyridine rings is 1. The summed E-state index contributed by atoms with van der Waals surface area (Å²) in [5.41, 5.74) is 7.77. The Bertz CT molecular complexity index is 1780. The van der Waals surface area contributed by atoms with Gasteiger partial charge < -0.3 is 20.5 Å². The number of amides is 2. The molecule has 10 nitrogen and oxygen atoms in total. The molecule has 5 aromatic rings. The Kier molecular flexibility index (Phi) is 8.14. The van der Waals surface area contributed by atoms with Crippen LogP contribution in [-0.4, -0.2) is 36.3 Å². The molecule has 0 saturated carbocycles. The van der Waals surface area contributed by atoms with Crippen molar-refractivity contribution in [3.05, 3.63) is 120 Å². The van der Waals surface area contributed by atoms with Crippen molar-refractivity contribution in [1.82, 2.24) is 29.8 Å². The maximum atomic E-state index is 13.4. The van der Waals surface area contributed by atoms with Crippen LogP contribution in [-0.2, 0) is 11.3 Å². The summed E-state index contributed by atoms with van der Waals surface area (Å²) in [5, 5.41) is 9.10. The third kappa shape index (κ3) is 6.39. The highest BCUT2D eigenvalue weighted by molar-refractivity contribution is 6.05. The van der Waals surface area contributed by atoms with E-state index in [9.17, 15) is 9.59 Å². The largest absolute Gasteiger partial charge is 0.348 e. The fourth-order valence-electron chi connectivity index (χ4n) is 4.45. The van der Waals surface area contributed by atoms with Gasteiger partial charge in [0, 0.05) is 53.8 Å². The second-order valence-electron chi connectivity index (χ2n) is 9.75. The number of carbonyl (C=O) groups excluding carboxylic acids is 2. The number of nitrogens with one attached hydrogen (secondary N) is 3. The molecule has 0 saturated heterocycles. The van der Waals surface area contributed by atoms with E-state index in [0.29, 0.717) is 29.4 Å². The van der Waals surface area contributed by atoms with E-state index in [1.807, 2.05) is 67.9 Å². The predicted molar refractivity (Wildman–Crippen MR) is 163 cm³/mol. The summed E-state index contributed by atoms with van der Waals surface area (Å²) in [6, 6.07) is 14.8. The van der Waals surface area contributed by atoms with Gasteiger partial charge in [-0.25, -0.2) is 15.0 Å². The van der Waals surface area contributed by atoms with Crippen LogP contribution in [0.5, 0.6) is 0 Å². The molecule has 0 unspecified atom stereocenters. The van der Waals surface area contributed by atoms with Crippen LogP contribution >= 0.6 is 0 Å². The molecule has 0 atom stereocenters. The van der Waals surface area contributed by atoms with Crippen LogP contribution in [0, 0.1) is 20.8 Å². The molecule has 3 N–H and O–H groups in total. The van der Waals surface area contributed by atoms with E-state index in [0.717, 1.165) is 39.3 Å². The highest BCUT2D eigenvalue weighted by atomic mass is 16.2. The Morgan fingerprint density at radius 2 is 1.86 bits per heavy atom. The molecule has 2 amide bonds. The van der Waals surface area contributed by atoms with E-state index in [-0.39, 0.29) is 11.8 Å². The van der Waals surface area contributed by atoms with E-state index in [4.69, 9.17) is 0 Å². The molecule has 0 aliphatic carbocycles. The summed E-state index contributed by atoms with van der Waals surface area (Å²) >= 11 is 0. The Labute approximate surface area is 243 Å². The Morgan fingerprint density at radius 3 is 2.60 bits per heavy atom. The van der Waals surface area contributed by atoms with Gasteiger partial charge in [-0.05, 0) is 86.0 Å². The van der Waals surface area contributed by atoms with Crippen molar-refractivity contribution in [2.24, 2.45) is 0 Å². The van der Waals surface area contributed by atoms with Gasteiger partial charge in [0.2, 0.25) is 11.9 Å². The van der Waals surface area contributed by atoms with Crippen LogP contribution in [0.3, 0.4) is 0 Å². The van der Waals surface area contributed by atoms with Gasteiger partial charge in [0.15, 0.2) is 0 Å². The number of aryl methyl sites for hydroxylation is 3. The lowest BCUT2D eigenvalue weighted by atomic mass is 10.0. The first-order chi connectivity index (χ1) is 20.3. The molecule has 210 valence electrons. The van der Waals surface area contributed by atoms with E-state index in [1.165, 1.54) is 6.08 Å². The fraction of sp³-hybridized carbons (Fsp3) is 0.125. The molecule has 2 aromatic carbocycles. The summed E-state index contributed by atoms with van der Waals surface area (Å²) in [5.74, 6) is -0.132. The van der Waals surface area contributed by atoms with Crippen LogP contribution < -0.4 is 16.0 Å². The first kappa shape index (κ1) is 27.9. The van der Waals surface area contributed by atoms with Crippen molar-refractivity contribution < 1.29 is 9.59 Å². The lowest BCUT2D eigenvalue weighted by molar-refractivity contribution is -0.116. The molecule has 0 radical (unpaired) electrons. The lowest BCUT2D eigenvalue weighted by Gasteiger charge is -2.17. The molecule has 0 aliphatic heterocycles. The van der Waals surface area contributed by atoms with Crippen molar-refractivity contribution in [1.29, 1.82) is 0 Å². The van der Waals surface area contributed by atoms with Crippen molar-refractivity contribution in [2.45, 2.75) is 27.3 Å². The molecule has 0 fully saturated rings. The standard InChI is InChI=1S/C32H30N8O2/c1-5-30(41)35-17-26-21(3)13-25(15-29(26)40-18-22(4)36-19-40)37-31(42)23-9-8-20(2)28(14-23)39-32-34-12-10-27(38-32)24-7-6-11-33-16-24/h5-16,18-19H,1,17H2,2-4H3,(H,35,41)(H,37,42)(H,34,38,39). The fourth-order valence-corrected chi connectivity index (χ4v) is 4.45. The topological polar surface area (TPSA) is 127 Å². The van der Waals surface area contributed by atoms with E-state index in [2.05, 4.69) is 42.5 Å². The van der Waals surface area contributed by atoms with Crippen molar-refractivity contribution in [3.8, 4) is 16.9 Å². The molecule has 5 rings (SSSR count). The van der Waals surface area contributed by atoms with Crippen LogP contribution in [0.4, 0.5) is 17.3 Å². The number of hydrogen-bond donors (Lipinski definition) is 3. The number of nitrogens with zero attached hydrogens (tertiary/aromatic N) is 5. The highest BCUT2D eigenvalue weighted by Gasteiger charge is 2.15. The van der Waals surface area contributed by atoms with Crippen LogP contribution in [0.2, 0.25) is 0 Å². The normalized spacial score (nSPS) is 10.6. The summed E-state index contributed by atoms with van der Waals surface area (Å²) in [7, 11) is 0. The third-order valence-electron chi connectivity index (χ3n) is 6.68. The SMILES string of the molecule is C=CC(=O)NCc1c(C)cc(NC(=O)c2ccc(C)c(Nc3nccc(-c4cccnc4)n3)c2)cc1-n1cnc(C)c1. The quantitative estimate of drug-likeness (QED) is 0.205. The summed E-state index contributed by atoms with van der Waals surface area (Å²) < 4.78 is 1.88. The first-order valence-corrected chi connectivity index (χ1v) is 13.3. The number of anilines is 3. The van der Waals surface area contributed by atoms with Crippen LogP contribution in [0.1, 0.15) is 32.7 Å². The zero-order valence-electron chi connectivity index (χ0n) is 23.5. The monoisotopic (exact) mass is 558 g/mol. The third-order valence-corrected chi connectivity index (χ3v) is 6.68. The van der Waals surface area contributed by atoms with Crippen LogP contribution in [0.15, 0.2) is 92.3 Å². The van der Waals surface area contributed by atoms with E-state index >= 15 is 0 Å². The minimum absolute atomic E-state index is 0.266. The lowest BCUT2D eigenvalue weighted by Crippen LogP contribution is -2.22. The maximum absolute atomic E-state index is 13.4. The Hall–Kier alpha value is -5.64. The first-order valence-electron chi connectivity index (χ1n) is 13.3. The number of imidazole rings is 1. The average Bonchev–Trinajstić information content (AvgIpc) is 3.44. The van der Waals surface area contributed by atoms with Gasteiger partial charge in [-0.3, -0.25) is 14.6 Å². The average molecular weight is 559 g/mol. The molecule has 0 spiro atoms. The van der Waals surface area contributed by atoms with E-state index in [1.54, 1.807) is 37.1 Å². The zero-order chi connectivity index (χ0) is 29.6. The van der Waals surface area contributed by atoms with Gasteiger partial charge in [0.25, 0.3) is 5.91 Å². The van der Waals surface area contributed by atoms with Gasteiger partial charge in [-0.15, -0.1) is 0 Å². The second kappa shape index (κ2) is 12.3. The zero-order valence-corrected chi connectivity index (χ0v) is 23.5. The van der Waals surface area contributed by atoms with Crippen LogP contribution in [0.25, 0.3) is 16.9 Å². The van der Waals surface area contributed by atoms with E-state index < -0.39 is 0 Å². The summed E-state index contributed by atoms with van der Waals surface area (Å²) in [6.45, 7) is 9.60. The van der Waals surface area contributed by atoms with Gasteiger partial charge in [-0.1, -0.05) is 12.6 Å². The Balaban J connectivity index is 1.39. The van der Waals surface area contributed by atoms with Gasteiger partial charge in [0.1, 0.15) is 0 Å². The molecule has 3 aromatic heterocycles. The Morgan fingerprint density at radius 1 is 1.00 bits per heavy atom. The number of rotatable bonds is 9. The predicted octanol–water partition coefficient (Wildman–Crippen LogP) is 5.45. The van der Waals surface area contributed by atoms with Crippen molar-refractivity contribution >= 4 is 29.1 Å².